The first-order valence-corrected chi connectivity index (χ1v) is 31.4. The molecule has 6 N–H and O–H groups in total. The SMILES string of the molecule is C/C=C/C[C@@H](C)[C@@H](O)[C@H]1C(=O)N[C@@H](CC)C(=O)N(C)CC(=O)N(C)[C@@H](Cc2ccc(O)cc2)C(=O)N[C@@H](C(C)C)C(=O)N(C)[C@@H](C)C(=O)N[C@@H](CC(C)C)C(=O)N[C@H](C)C(=O)N(C)[C@@H](CC(C)C)C(=O)N(C)[C@H](CC(C)C)C(=O)N(C)[C@@H](C(C)C)C(=O)N1C. The summed E-state index contributed by atoms with van der Waals surface area (Å²) in [6.07, 6.45) is 2.60. The van der Waals surface area contributed by atoms with Gasteiger partial charge in [0.15, 0.2) is 0 Å². The highest BCUT2D eigenvalue weighted by Gasteiger charge is 2.45. The van der Waals surface area contributed by atoms with Gasteiger partial charge in [-0.3, -0.25) is 52.7 Å². The van der Waals surface area contributed by atoms with Gasteiger partial charge in [0.05, 0.1) is 12.6 Å². The highest BCUT2D eigenvalue weighted by atomic mass is 16.3. The van der Waals surface area contributed by atoms with E-state index < -0.39 is 156 Å². The second kappa shape index (κ2) is 35.3. The number of allylic oxidation sites excluding steroid dienone is 2. The van der Waals surface area contributed by atoms with Crippen molar-refractivity contribution in [2.45, 2.75) is 209 Å². The maximum atomic E-state index is 15.2. The molecule has 0 spiro atoms. The lowest BCUT2D eigenvalue weighted by atomic mass is 9.91. The van der Waals surface area contributed by atoms with E-state index in [2.05, 4.69) is 21.3 Å². The summed E-state index contributed by atoms with van der Waals surface area (Å²) in [5, 5.41) is 33.3. The Labute approximate surface area is 529 Å². The van der Waals surface area contributed by atoms with Gasteiger partial charge in [-0.1, -0.05) is 107 Å². The number of benzene rings is 1. The summed E-state index contributed by atoms with van der Waals surface area (Å²) in [4.78, 5) is 169. The van der Waals surface area contributed by atoms with Crippen LogP contribution in [0.3, 0.4) is 0 Å². The number of rotatable bonds is 15. The molecule has 12 atom stereocenters. The van der Waals surface area contributed by atoms with Crippen LogP contribution in [-0.2, 0) is 59.2 Å². The number of hydrogen-bond donors (Lipinski definition) is 6. The van der Waals surface area contributed by atoms with Crippen molar-refractivity contribution in [1.29, 1.82) is 0 Å². The van der Waals surface area contributed by atoms with Crippen LogP contribution in [0, 0.1) is 35.5 Å². The quantitative estimate of drug-likeness (QED) is 0.138. The van der Waals surface area contributed by atoms with Crippen LogP contribution >= 0.6 is 0 Å². The molecule has 1 aromatic rings. The van der Waals surface area contributed by atoms with Crippen LogP contribution in [0.2, 0.25) is 0 Å². The molecule has 1 saturated heterocycles. The van der Waals surface area contributed by atoms with Gasteiger partial charge in [-0.05, 0) is 106 Å². The molecule has 0 aromatic heterocycles. The number of nitrogens with one attached hydrogen (secondary N) is 4. The number of phenolic OH excluding ortho intramolecular Hbond substituents is 1. The molecule has 1 aromatic carbocycles. The first-order valence-electron chi connectivity index (χ1n) is 31.4. The zero-order valence-electron chi connectivity index (χ0n) is 57.2. The van der Waals surface area contributed by atoms with Gasteiger partial charge in [-0.2, -0.15) is 0 Å². The molecule has 24 heteroatoms. The molecule has 0 aliphatic carbocycles. The molecule has 2 rings (SSSR count). The molecular weight excluding hydrogens is 1140 g/mol. The summed E-state index contributed by atoms with van der Waals surface area (Å²) in [5.74, 6) is -10.2. The summed E-state index contributed by atoms with van der Waals surface area (Å²) < 4.78 is 0. The summed E-state index contributed by atoms with van der Waals surface area (Å²) in [6, 6.07) is -6.89. The molecule has 1 heterocycles. The molecule has 89 heavy (non-hydrogen) atoms. The van der Waals surface area contributed by atoms with Crippen LogP contribution in [0.15, 0.2) is 36.4 Å². The highest BCUT2D eigenvalue weighted by molar-refractivity contribution is 5.99. The zero-order chi connectivity index (χ0) is 68.4. The van der Waals surface area contributed by atoms with E-state index in [0.29, 0.717) is 12.0 Å². The molecule has 502 valence electrons. The largest absolute Gasteiger partial charge is 0.508 e. The first kappa shape index (κ1) is 78.0. The second-order valence-electron chi connectivity index (χ2n) is 26.3. The summed E-state index contributed by atoms with van der Waals surface area (Å²) in [5.41, 5.74) is 0.520. The Bertz CT molecular complexity index is 2630. The van der Waals surface area contributed by atoms with Crippen molar-refractivity contribution in [2.24, 2.45) is 35.5 Å². The number of aromatic hydroxyl groups is 1. The Morgan fingerprint density at radius 2 is 1.01 bits per heavy atom. The van der Waals surface area contributed by atoms with Gasteiger partial charge >= 0.3 is 0 Å². The molecule has 1 aliphatic heterocycles. The van der Waals surface area contributed by atoms with Crippen LogP contribution < -0.4 is 21.3 Å². The maximum absolute atomic E-state index is 15.2. The number of nitrogens with zero attached hydrogens (tertiary/aromatic N) is 7. The molecule has 0 unspecified atom stereocenters. The van der Waals surface area contributed by atoms with Gasteiger partial charge in [-0.25, -0.2) is 0 Å². The molecular formula is C65H109N11O13. The summed E-state index contributed by atoms with van der Waals surface area (Å²) >= 11 is 0. The topological polar surface area (TPSA) is 299 Å². The molecule has 1 aliphatic rings. The minimum absolute atomic E-state index is 0.0113. The number of aliphatic hydroxyl groups is 1. The zero-order valence-corrected chi connectivity index (χ0v) is 57.2. The third kappa shape index (κ3) is 21.5. The lowest BCUT2D eigenvalue weighted by Gasteiger charge is -2.41. The van der Waals surface area contributed by atoms with E-state index in [1.807, 2.05) is 41.5 Å². The van der Waals surface area contributed by atoms with Gasteiger partial charge in [0.1, 0.15) is 66.2 Å². The fourth-order valence-electron chi connectivity index (χ4n) is 11.0. The van der Waals surface area contributed by atoms with Gasteiger partial charge in [0, 0.05) is 55.8 Å². The predicted molar refractivity (Wildman–Crippen MR) is 341 cm³/mol. The average Bonchev–Trinajstić information content (AvgIpc) is 1.48. The van der Waals surface area contributed by atoms with E-state index in [9.17, 15) is 48.6 Å². The van der Waals surface area contributed by atoms with Crippen LogP contribution in [0.5, 0.6) is 5.75 Å². The van der Waals surface area contributed by atoms with Crippen molar-refractivity contribution in [3.05, 3.63) is 42.0 Å². The van der Waals surface area contributed by atoms with Gasteiger partial charge < -0.3 is 65.8 Å². The molecule has 24 nitrogen and oxygen atoms in total. The van der Waals surface area contributed by atoms with E-state index in [1.165, 1.54) is 90.0 Å². The van der Waals surface area contributed by atoms with Crippen molar-refractivity contribution >= 4 is 65.0 Å². The smallest absolute Gasteiger partial charge is 0.246 e. The Hall–Kier alpha value is -7.11. The lowest BCUT2D eigenvalue weighted by molar-refractivity contribution is -0.157. The van der Waals surface area contributed by atoms with Crippen molar-refractivity contribution in [3.8, 4) is 5.75 Å². The molecule has 0 saturated carbocycles. The lowest BCUT2D eigenvalue weighted by Crippen LogP contribution is -2.63. The Balaban J connectivity index is 3.01. The van der Waals surface area contributed by atoms with Crippen molar-refractivity contribution in [3.63, 3.8) is 0 Å². The summed E-state index contributed by atoms with van der Waals surface area (Å²) in [6.45, 7) is 25.4. The monoisotopic (exact) mass is 1250 g/mol. The van der Waals surface area contributed by atoms with E-state index in [0.717, 1.165) is 19.6 Å². The van der Waals surface area contributed by atoms with Gasteiger partial charge in [0.2, 0.25) is 65.0 Å². The number of likely N-dealkylation sites (N-methyl/N-ethyl adjacent to an activating group) is 7. The minimum Gasteiger partial charge on any atom is -0.508 e. The van der Waals surface area contributed by atoms with E-state index in [-0.39, 0.29) is 55.6 Å². The third-order valence-corrected chi connectivity index (χ3v) is 16.8. The minimum atomic E-state index is -1.64. The van der Waals surface area contributed by atoms with Crippen LogP contribution in [-0.4, -0.2) is 232 Å². The van der Waals surface area contributed by atoms with Crippen molar-refractivity contribution in [1.82, 2.24) is 55.6 Å². The Kier molecular flexibility index (Phi) is 31.0. The first-order chi connectivity index (χ1) is 41.3. The van der Waals surface area contributed by atoms with Crippen LogP contribution in [0.4, 0.5) is 0 Å². The van der Waals surface area contributed by atoms with Crippen molar-refractivity contribution in [2.75, 3.05) is 55.9 Å². The number of phenols is 1. The molecule has 0 radical (unpaired) electrons. The second-order valence-corrected chi connectivity index (χ2v) is 26.3. The number of hydrogen-bond acceptors (Lipinski definition) is 13. The molecule has 11 amide bonds. The number of amides is 11. The van der Waals surface area contributed by atoms with E-state index in [1.54, 1.807) is 72.8 Å². The van der Waals surface area contributed by atoms with Crippen molar-refractivity contribution < 1.29 is 63.0 Å². The molecule has 0 bridgehead atoms. The van der Waals surface area contributed by atoms with Gasteiger partial charge in [-0.15, -0.1) is 0 Å². The highest BCUT2D eigenvalue weighted by Crippen LogP contribution is 2.26. The van der Waals surface area contributed by atoms with E-state index in [4.69, 9.17) is 0 Å². The van der Waals surface area contributed by atoms with Crippen LogP contribution in [0.1, 0.15) is 142 Å². The Morgan fingerprint density at radius 1 is 0.517 bits per heavy atom. The van der Waals surface area contributed by atoms with E-state index >= 15 is 14.4 Å². The molecule has 1 fully saturated rings. The predicted octanol–water partition coefficient (Wildman–Crippen LogP) is 3.17. The number of carbonyl (C=O) groups excluding carboxylic acids is 11. The number of aliphatic hydroxyl groups excluding tert-OH is 1. The standard InChI is InChI=1S/C65H109N11O13/c1-23-25-26-41(13)55(79)54-59(83)67-46(24-2)61(85)70(16)35-51(78)72(18)48(34-44-27-29-45(77)30-28-44)58(82)69-52(39(9)10)64(88)71(17)43(15)56(80)68-47(31-36(3)4)57(81)66-42(14)60(84)73(19)49(32-37(5)6)62(86)74(20)50(33-38(7)8)63(87)75(21)53(40(11)12)65(89)76(54)22/h23,25,27-30,36-43,46-50,52-55,77,79H,24,26,31-35H2,1-22H3,(H,66,81)(H,67,83)(H,68,80)(H,69,82)/b25-23+/t41-,42-,43+,46+,47+,48+,49+,50-,52+,53+,54+,55-/m1/s1. The normalized spacial score (nSPS) is 26.1. The third-order valence-electron chi connectivity index (χ3n) is 16.8. The summed E-state index contributed by atoms with van der Waals surface area (Å²) in [7, 11) is 9.73. The maximum Gasteiger partial charge on any atom is 0.246 e. The fourth-order valence-corrected chi connectivity index (χ4v) is 11.0. The van der Waals surface area contributed by atoms with Gasteiger partial charge in [0.25, 0.3) is 0 Å². The Morgan fingerprint density at radius 3 is 1.49 bits per heavy atom. The fraction of sp³-hybridized carbons (Fsp3) is 0.708. The average molecular weight is 1250 g/mol. The van der Waals surface area contributed by atoms with Crippen LogP contribution in [0.25, 0.3) is 0 Å². The number of carbonyl (C=O) groups is 11.